The van der Waals surface area contributed by atoms with E-state index in [0.29, 0.717) is 28.7 Å². The summed E-state index contributed by atoms with van der Waals surface area (Å²) >= 11 is 0. The van der Waals surface area contributed by atoms with Crippen LogP contribution in [-0.2, 0) is 21.7 Å². The number of hydrogen-bond donors (Lipinski definition) is 0. The maximum atomic E-state index is 5.38. The van der Waals surface area contributed by atoms with Crippen LogP contribution in [-0.4, -0.2) is 58.8 Å². The quantitative estimate of drug-likeness (QED) is 0.0444. The van der Waals surface area contributed by atoms with Crippen LogP contribution >= 0.6 is 0 Å². The summed E-state index contributed by atoms with van der Waals surface area (Å²) in [5.41, 5.74) is 16.4. The maximum absolute atomic E-state index is 5.38. The summed E-state index contributed by atoms with van der Waals surface area (Å²) in [6.07, 6.45) is 0. The van der Waals surface area contributed by atoms with E-state index in [1.165, 1.54) is 66.8 Å². The Balaban J connectivity index is 0.000000202. The summed E-state index contributed by atoms with van der Waals surface area (Å²) < 4.78 is 32.2. The van der Waals surface area contributed by atoms with E-state index in [1.807, 2.05) is 60.7 Å². The van der Waals surface area contributed by atoms with E-state index in [4.69, 9.17) is 28.4 Å². The van der Waals surface area contributed by atoms with Crippen molar-refractivity contribution in [3.63, 3.8) is 0 Å². The standard InChI is InChI=1S/C25H28O3.C24H26O2.C23H24O.C22H22.C9H22Si.C6H16Si/c1-18(2)25(19-6-12-22(26-3)13-7-19,20-8-14-23(27-4)15-9-20)21-10-16-24(28-5)17-11-21;1-18(2)24(19-8-6-5-7-9-19,20-10-14-22(25-3)15-11-20)21-12-16-23(26-4)17-13-21;1-18(2)23(19-10-6-4-7-11-19,20-12-8-5-9-13-20)21-14-16-22(24-3)17-15-21;1-18(2)22(19-12-6-3-7-13-19,20-14-8-4-9-15-20)21-16-10-5-11-17-21;1-8(2)10(6,7)9(3,4)5;1-6(2)7(3,4)5/h6-18H,1-5H3;5-18H,1-4H3;4-18H,1-3H3;3-18H,1-2H3;8H,1-7H3;6H,1-5H3. The van der Waals surface area contributed by atoms with Gasteiger partial charge in [-0.15, -0.1) is 0 Å². The van der Waals surface area contributed by atoms with Gasteiger partial charge < -0.3 is 28.4 Å². The minimum absolute atomic E-state index is 0.121. The van der Waals surface area contributed by atoms with Gasteiger partial charge in [0.05, 0.1) is 50.7 Å². The lowest BCUT2D eigenvalue weighted by Crippen LogP contribution is -2.39. The van der Waals surface area contributed by atoms with Gasteiger partial charge in [0, 0.05) is 29.7 Å². The summed E-state index contributed by atoms with van der Waals surface area (Å²) in [7, 11) is 8.47. The van der Waals surface area contributed by atoms with Crippen LogP contribution in [0.15, 0.2) is 328 Å². The molecular weight excluding hydrogens is 1460 g/mol. The first-order chi connectivity index (χ1) is 55.8. The lowest BCUT2D eigenvalue weighted by Gasteiger charge is -2.40. The Morgan fingerprint density at radius 1 is 0.188 bits per heavy atom. The van der Waals surface area contributed by atoms with Crippen molar-refractivity contribution < 1.29 is 28.4 Å². The fourth-order valence-corrected chi connectivity index (χ4v) is 17.9. The summed E-state index contributed by atoms with van der Waals surface area (Å²) in [5.74, 6) is 6.69. The molecule has 0 saturated heterocycles. The first kappa shape index (κ1) is 94.0. The molecule has 12 aromatic rings. The molecule has 117 heavy (non-hydrogen) atoms. The third kappa shape index (κ3) is 22.2. The summed E-state index contributed by atoms with van der Waals surface area (Å²) in [6, 6.07) is 115. The van der Waals surface area contributed by atoms with Crippen LogP contribution in [0.25, 0.3) is 0 Å². The summed E-state index contributed by atoms with van der Waals surface area (Å²) in [5, 5.41) is 0.557. The van der Waals surface area contributed by atoms with E-state index in [2.05, 4.69) is 404 Å². The van der Waals surface area contributed by atoms with Gasteiger partial charge >= 0.3 is 0 Å². The first-order valence-electron chi connectivity index (χ1n) is 42.0. The van der Waals surface area contributed by atoms with Gasteiger partial charge in [-0.1, -0.05) is 402 Å². The van der Waals surface area contributed by atoms with Crippen molar-refractivity contribution in [2.45, 2.75) is 174 Å². The average molecular weight is 1600 g/mol. The van der Waals surface area contributed by atoms with E-state index in [1.54, 1.807) is 42.7 Å². The number of methoxy groups -OCH3 is 6. The van der Waals surface area contributed by atoms with Crippen molar-refractivity contribution >= 4 is 16.1 Å². The molecule has 12 aromatic carbocycles. The minimum atomic E-state index is -0.982. The fourth-order valence-electron chi connectivity index (χ4n) is 16.2. The zero-order valence-corrected chi connectivity index (χ0v) is 77.6. The van der Waals surface area contributed by atoms with E-state index in [9.17, 15) is 0 Å². The molecule has 8 heteroatoms. The van der Waals surface area contributed by atoms with Crippen molar-refractivity contribution in [2.75, 3.05) is 42.7 Å². The van der Waals surface area contributed by atoms with Gasteiger partial charge in [-0.3, -0.25) is 0 Å². The van der Waals surface area contributed by atoms with Crippen molar-refractivity contribution in [3.8, 4) is 34.5 Å². The van der Waals surface area contributed by atoms with Gasteiger partial charge in [0.15, 0.2) is 0 Å². The highest BCUT2D eigenvalue weighted by atomic mass is 28.3. The van der Waals surface area contributed by atoms with Gasteiger partial charge in [0.25, 0.3) is 0 Å². The minimum Gasteiger partial charge on any atom is -0.497 e. The van der Waals surface area contributed by atoms with E-state index < -0.39 is 16.1 Å². The number of ether oxygens (including phenoxy) is 6. The van der Waals surface area contributed by atoms with Gasteiger partial charge in [0.1, 0.15) is 34.5 Å². The Morgan fingerprint density at radius 3 is 0.385 bits per heavy atom. The monoisotopic (exact) mass is 1600 g/mol. The molecule has 12 rings (SSSR count). The second-order valence-corrected chi connectivity index (χ2v) is 47.0. The Kier molecular flexibility index (Phi) is 34.8. The molecule has 0 fully saturated rings. The highest BCUT2D eigenvalue weighted by Gasteiger charge is 2.44. The molecular formula is C109H138O6Si2. The molecule has 0 spiro atoms. The normalized spacial score (nSPS) is 11.8. The highest BCUT2D eigenvalue weighted by Crippen LogP contribution is 2.51. The second kappa shape index (κ2) is 43.4. The predicted octanol–water partition coefficient (Wildman–Crippen LogP) is 29.4. The van der Waals surface area contributed by atoms with Gasteiger partial charge in [0.2, 0.25) is 0 Å². The Bertz CT molecular complexity index is 4450. The topological polar surface area (TPSA) is 55.4 Å². The first-order valence-corrected chi connectivity index (χ1v) is 48.6. The Morgan fingerprint density at radius 2 is 0.308 bits per heavy atom. The molecule has 618 valence electrons. The zero-order valence-electron chi connectivity index (χ0n) is 75.6. The summed E-state index contributed by atoms with van der Waals surface area (Å²) in [6.45, 7) is 46.9. The molecule has 6 nitrogen and oxygen atoms in total. The maximum Gasteiger partial charge on any atom is 0.118 e. The molecule has 0 heterocycles. The smallest absolute Gasteiger partial charge is 0.118 e. The Labute approximate surface area is 709 Å². The highest BCUT2D eigenvalue weighted by molar-refractivity contribution is 6.81. The van der Waals surface area contributed by atoms with Gasteiger partial charge in [-0.25, -0.2) is 0 Å². The SMILES string of the molecule is CC(C)C(c1ccccc1)(c1ccccc1)c1ccccc1.CC(C)[Si](C)(C)C.CC(C)[Si](C)(C)C(C)(C)C.COc1ccc(C(c2ccc(OC)cc2)(c2ccc(OC)cc2)C(C)C)cc1.COc1ccc(C(c2ccccc2)(c2ccc(OC)cc2)C(C)C)cc1.COc1ccc(C(c2ccccc2)(c2ccccc2)C(C)C)cc1. The van der Waals surface area contributed by atoms with Crippen molar-refractivity contribution in [2.24, 2.45) is 23.7 Å². The van der Waals surface area contributed by atoms with Crippen LogP contribution < -0.4 is 28.4 Å². The largest absolute Gasteiger partial charge is 0.497 e. The molecule has 0 aliphatic rings. The molecule has 0 unspecified atom stereocenters. The van der Waals surface area contributed by atoms with Crippen molar-refractivity contribution in [1.29, 1.82) is 0 Å². The molecule has 0 aliphatic carbocycles. The molecule has 0 aliphatic heterocycles. The number of benzene rings is 12. The van der Waals surface area contributed by atoms with E-state index in [-0.39, 0.29) is 21.7 Å². The van der Waals surface area contributed by atoms with Crippen LogP contribution in [0.1, 0.15) is 171 Å². The van der Waals surface area contributed by atoms with E-state index in [0.717, 1.165) is 45.6 Å². The third-order valence-electron chi connectivity index (χ3n) is 25.2. The van der Waals surface area contributed by atoms with Crippen LogP contribution in [0.4, 0.5) is 0 Å². The third-order valence-corrected chi connectivity index (χ3v) is 35.4. The van der Waals surface area contributed by atoms with Crippen LogP contribution in [0.2, 0.25) is 48.9 Å². The molecule has 0 N–H and O–H groups in total. The summed E-state index contributed by atoms with van der Waals surface area (Å²) in [4.78, 5) is 0. The molecule has 0 saturated carbocycles. The van der Waals surface area contributed by atoms with Gasteiger partial charge in [-0.2, -0.15) is 0 Å². The van der Waals surface area contributed by atoms with Crippen LogP contribution in [0.5, 0.6) is 34.5 Å². The van der Waals surface area contributed by atoms with Crippen molar-refractivity contribution in [3.05, 3.63) is 394 Å². The molecule has 0 atom stereocenters. The molecule has 0 radical (unpaired) electrons. The van der Waals surface area contributed by atoms with Crippen molar-refractivity contribution in [1.82, 2.24) is 0 Å². The Hall–Kier alpha value is -10.1. The molecule has 0 aromatic heterocycles. The van der Waals surface area contributed by atoms with Gasteiger partial charge in [-0.05, 0) is 168 Å². The fraction of sp³-hybridized carbons (Fsp3) is 0.339. The second-order valence-electron chi connectivity index (χ2n) is 35.1. The predicted molar refractivity (Wildman–Crippen MR) is 506 cm³/mol. The lowest BCUT2D eigenvalue weighted by atomic mass is 9.63. The molecule has 0 bridgehead atoms. The number of rotatable bonds is 24. The number of hydrogen-bond acceptors (Lipinski definition) is 6. The van der Waals surface area contributed by atoms with E-state index >= 15 is 0 Å². The van der Waals surface area contributed by atoms with Crippen LogP contribution in [0, 0.1) is 23.7 Å². The molecule has 0 amide bonds. The van der Waals surface area contributed by atoms with Crippen LogP contribution in [0.3, 0.4) is 0 Å². The zero-order chi connectivity index (χ0) is 85.8. The average Bonchev–Trinajstić information content (AvgIpc) is 0.762. The lowest BCUT2D eigenvalue weighted by molar-refractivity contribution is 0.407.